The first kappa shape index (κ1) is 17.8. The van der Waals surface area contributed by atoms with E-state index in [-0.39, 0.29) is 12.0 Å². The van der Waals surface area contributed by atoms with E-state index in [1.54, 1.807) is 25.1 Å². The van der Waals surface area contributed by atoms with E-state index in [0.29, 0.717) is 11.3 Å². The molecule has 128 valence electrons. The zero-order valence-corrected chi connectivity index (χ0v) is 13.2. The maximum Gasteiger partial charge on any atom is 0.416 e. The van der Waals surface area contributed by atoms with E-state index in [4.69, 9.17) is 4.74 Å². The quantitative estimate of drug-likeness (QED) is 0.877. The normalized spacial score (nSPS) is 12.7. The van der Waals surface area contributed by atoms with E-state index in [2.05, 4.69) is 0 Å². The Morgan fingerprint density at radius 1 is 1.21 bits per heavy atom. The van der Waals surface area contributed by atoms with Crippen LogP contribution >= 0.6 is 0 Å². The SMILES string of the molecule is COc1ccc(C(Cc2ccccc2C(F)(F)F)C(=O)O)cc1C. The van der Waals surface area contributed by atoms with Crippen LogP contribution in [0.5, 0.6) is 5.75 Å². The molecule has 0 radical (unpaired) electrons. The molecule has 0 fully saturated rings. The summed E-state index contributed by atoms with van der Waals surface area (Å²) in [4.78, 5) is 11.6. The molecule has 2 aromatic carbocycles. The number of carboxylic acid groups (broad SMARTS) is 1. The van der Waals surface area contributed by atoms with Gasteiger partial charge in [0.2, 0.25) is 0 Å². The van der Waals surface area contributed by atoms with Gasteiger partial charge < -0.3 is 9.84 Å². The van der Waals surface area contributed by atoms with Crippen molar-refractivity contribution in [3.8, 4) is 5.75 Å². The van der Waals surface area contributed by atoms with Crippen LogP contribution in [0.1, 0.15) is 28.2 Å². The van der Waals surface area contributed by atoms with Crippen molar-refractivity contribution in [3.63, 3.8) is 0 Å². The van der Waals surface area contributed by atoms with Crippen LogP contribution < -0.4 is 4.74 Å². The van der Waals surface area contributed by atoms with Crippen LogP contribution in [0.2, 0.25) is 0 Å². The summed E-state index contributed by atoms with van der Waals surface area (Å²) in [5, 5.41) is 9.49. The van der Waals surface area contributed by atoms with Crippen LogP contribution in [-0.2, 0) is 17.4 Å². The summed E-state index contributed by atoms with van der Waals surface area (Å²) >= 11 is 0. The molecular formula is C18H17F3O3. The van der Waals surface area contributed by atoms with E-state index >= 15 is 0 Å². The lowest BCUT2D eigenvalue weighted by molar-refractivity contribution is -0.141. The number of methoxy groups -OCH3 is 1. The smallest absolute Gasteiger partial charge is 0.416 e. The summed E-state index contributed by atoms with van der Waals surface area (Å²) in [6.45, 7) is 1.75. The Kier molecular flexibility index (Phi) is 5.17. The largest absolute Gasteiger partial charge is 0.496 e. The molecule has 0 spiro atoms. The number of alkyl halides is 3. The Labute approximate surface area is 137 Å². The highest BCUT2D eigenvalue weighted by Gasteiger charge is 2.34. The van der Waals surface area contributed by atoms with Crippen LogP contribution in [0.3, 0.4) is 0 Å². The molecule has 1 atom stereocenters. The van der Waals surface area contributed by atoms with E-state index < -0.39 is 23.6 Å². The molecule has 1 N–H and O–H groups in total. The number of carbonyl (C=O) groups is 1. The lowest BCUT2D eigenvalue weighted by Crippen LogP contribution is -2.17. The van der Waals surface area contributed by atoms with Gasteiger partial charge in [0.05, 0.1) is 18.6 Å². The van der Waals surface area contributed by atoms with Gasteiger partial charge in [0.15, 0.2) is 0 Å². The predicted molar refractivity (Wildman–Crippen MR) is 83.3 cm³/mol. The average molecular weight is 338 g/mol. The second-order valence-electron chi connectivity index (χ2n) is 5.48. The Hall–Kier alpha value is -2.50. The molecule has 6 heteroatoms. The van der Waals surface area contributed by atoms with Crippen LogP contribution in [0.15, 0.2) is 42.5 Å². The fraction of sp³-hybridized carbons (Fsp3) is 0.278. The van der Waals surface area contributed by atoms with Crippen molar-refractivity contribution in [2.45, 2.75) is 25.4 Å². The lowest BCUT2D eigenvalue weighted by atomic mass is 9.89. The van der Waals surface area contributed by atoms with Crippen LogP contribution in [-0.4, -0.2) is 18.2 Å². The first-order valence-electron chi connectivity index (χ1n) is 7.26. The van der Waals surface area contributed by atoms with Crippen LogP contribution in [0.4, 0.5) is 13.2 Å². The first-order valence-corrected chi connectivity index (χ1v) is 7.26. The van der Waals surface area contributed by atoms with Gasteiger partial charge in [-0.1, -0.05) is 30.3 Å². The van der Waals surface area contributed by atoms with Crippen molar-refractivity contribution in [1.82, 2.24) is 0 Å². The van der Waals surface area contributed by atoms with Gasteiger partial charge in [-0.2, -0.15) is 13.2 Å². The van der Waals surface area contributed by atoms with Crippen molar-refractivity contribution in [1.29, 1.82) is 0 Å². The van der Waals surface area contributed by atoms with E-state index in [9.17, 15) is 23.1 Å². The first-order chi connectivity index (χ1) is 11.2. The Morgan fingerprint density at radius 2 is 1.88 bits per heavy atom. The number of benzene rings is 2. The van der Waals surface area contributed by atoms with Crippen molar-refractivity contribution >= 4 is 5.97 Å². The highest BCUT2D eigenvalue weighted by atomic mass is 19.4. The van der Waals surface area contributed by atoms with Crippen LogP contribution in [0.25, 0.3) is 0 Å². The topological polar surface area (TPSA) is 46.5 Å². The van der Waals surface area contributed by atoms with Gasteiger partial charge in [0.1, 0.15) is 5.75 Å². The van der Waals surface area contributed by atoms with Crippen molar-refractivity contribution in [3.05, 3.63) is 64.7 Å². The number of carboxylic acids is 1. The minimum Gasteiger partial charge on any atom is -0.496 e. The highest BCUT2D eigenvalue weighted by Crippen LogP contribution is 2.35. The van der Waals surface area contributed by atoms with Gasteiger partial charge in [0, 0.05) is 0 Å². The number of aliphatic carboxylic acids is 1. The second-order valence-corrected chi connectivity index (χ2v) is 5.48. The van der Waals surface area contributed by atoms with Gasteiger partial charge in [-0.15, -0.1) is 0 Å². The molecule has 24 heavy (non-hydrogen) atoms. The maximum atomic E-state index is 13.1. The Bertz CT molecular complexity index is 739. The summed E-state index contributed by atoms with van der Waals surface area (Å²) in [6, 6.07) is 9.87. The third kappa shape index (κ3) is 3.88. The second kappa shape index (κ2) is 6.95. The molecule has 0 aliphatic heterocycles. The molecule has 0 bridgehead atoms. The van der Waals surface area contributed by atoms with E-state index in [0.717, 1.165) is 11.6 Å². The number of hydrogen-bond acceptors (Lipinski definition) is 2. The Balaban J connectivity index is 2.41. The highest BCUT2D eigenvalue weighted by molar-refractivity contribution is 5.77. The fourth-order valence-electron chi connectivity index (χ4n) is 2.66. The monoisotopic (exact) mass is 338 g/mol. The third-order valence-electron chi connectivity index (χ3n) is 3.87. The zero-order chi connectivity index (χ0) is 17.9. The summed E-state index contributed by atoms with van der Waals surface area (Å²) in [6.07, 6.45) is -4.76. The number of aryl methyl sites for hydroxylation is 1. The summed E-state index contributed by atoms with van der Waals surface area (Å²) in [5.74, 6) is -1.65. The maximum absolute atomic E-state index is 13.1. The summed E-state index contributed by atoms with van der Waals surface area (Å²) in [7, 11) is 1.50. The molecule has 1 unspecified atom stereocenters. The predicted octanol–water partition coefficient (Wildman–Crippen LogP) is 4.43. The minimum absolute atomic E-state index is 0.0362. The molecule has 0 aromatic heterocycles. The molecule has 0 amide bonds. The van der Waals surface area contributed by atoms with Gasteiger partial charge in [-0.25, -0.2) is 0 Å². The van der Waals surface area contributed by atoms with E-state index in [1.165, 1.54) is 25.3 Å². The molecule has 0 saturated heterocycles. The van der Waals surface area contributed by atoms with Crippen molar-refractivity contribution in [2.24, 2.45) is 0 Å². The molecule has 2 rings (SSSR count). The van der Waals surface area contributed by atoms with E-state index in [1.807, 2.05) is 0 Å². The van der Waals surface area contributed by atoms with Crippen LogP contribution in [0, 0.1) is 6.92 Å². The number of hydrogen-bond donors (Lipinski definition) is 1. The minimum atomic E-state index is -4.52. The lowest BCUT2D eigenvalue weighted by Gasteiger charge is -2.18. The molecular weight excluding hydrogens is 321 g/mol. The molecule has 2 aromatic rings. The zero-order valence-electron chi connectivity index (χ0n) is 13.2. The molecule has 0 aliphatic carbocycles. The number of rotatable bonds is 5. The van der Waals surface area contributed by atoms with Gasteiger partial charge in [-0.3, -0.25) is 4.79 Å². The standard InChI is InChI=1S/C18H17F3O3/c1-11-9-12(7-8-16(11)24-2)14(17(22)23)10-13-5-3-4-6-15(13)18(19,20)21/h3-9,14H,10H2,1-2H3,(H,22,23). The summed E-state index contributed by atoms with van der Waals surface area (Å²) < 4.78 is 44.4. The Morgan fingerprint density at radius 3 is 2.42 bits per heavy atom. The number of ether oxygens (including phenoxy) is 1. The molecule has 0 heterocycles. The van der Waals surface area contributed by atoms with Gasteiger partial charge in [0.25, 0.3) is 0 Å². The molecule has 0 aliphatic rings. The van der Waals surface area contributed by atoms with Gasteiger partial charge in [-0.05, 0) is 42.2 Å². The van der Waals surface area contributed by atoms with Crippen molar-refractivity contribution < 1.29 is 27.8 Å². The fourth-order valence-corrected chi connectivity index (χ4v) is 2.66. The summed E-state index contributed by atoms with van der Waals surface area (Å²) in [5.41, 5.74) is 0.329. The number of halogens is 3. The molecule has 0 saturated carbocycles. The van der Waals surface area contributed by atoms with Crippen molar-refractivity contribution in [2.75, 3.05) is 7.11 Å². The average Bonchev–Trinajstić information content (AvgIpc) is 2.51. The van der Waals surface area contributed by atoms with Gasteiger partial charge >= 0.3 is 12.1 Å². The third-order valence-corrected chi connectivity index (χ3v) is 3.87. The molecule has 3 nitrogen and oxygen atoms in total.